The smallest absolute Gasteiger partial charge is 0.165 e. The number of benzene rings is 1. The number of nitrogens with zero attached hydrogens (tertiary/aromatic N) is 3. The Labute approximate surface area is 148 Å². The highest BCUT2D eigenvalue weighted by Gasteiger charge is 2.24. The third kappa shape index (κ3) is 3.35. The Morgan fingerprint density at radius 1 is 1.24 bits per heavy atom. The van der Waals surface area contributed by atoms with Gasteiger partial charge in [-0.1, -0.05) is 26.0 Å². The SMILES string of the molecule is CC(C)c1nnc2n1C[C@@H](NCc1cccc3c1OCCCO3)CC2. The monoisotopic (exact) mass is 342 g/mol. The molecule has 0 unspecified atom stereocenters. The van der Waals surface area contributed by atoms with Crippen LogP contribution in [0.25, 0.3) is 0 Å². The van der Waals surface area contributed by atoms with Crippen molar-refractivity contribution in [2.75, 3.05) is 13.2 Å². The van der Waals surface area contributed by atoms with Crippen LogP contribution in [0.3, 0.4) is 0 Å². The van der Waals surface area contributed by atoms with Crippen molar-refractivity contribution in [1.29, 1.82) is 0 Å². The molecule has 2 aromatic rings. The van der Waals surface area contributed by atoms with Gasteiger partial charge in [-0.25, -0.2) is 0 Å². The Balaban J connectivity index is 1.45. The maximum absolute atomic E-state index is 5.92. The van der Waals surface area contributed by atoms with Crippen molar-refractivity contribution < 1.29 is 9.47 Å². The second-order valence-electron chi connectivity index (χ2n) is 7.15. The van der Waals surface area contributed by atoms with Crippen molar-refractivity contribution in [3.8, 4) is 11.5 Å². The van der Waals surface area contributed by atoms with Crippen LogP contribution in [-0.2, 0) is 19.5 Å². The van der Waals surface area contributed by atoms with E-state index in [4.69, 9.17) is 9.47 Å². The maximum atomic E-state index is 5.92. The van der Waals surface area contributed by atoms with E-state index in [1.165, 1.54) is 0 Å². The van der Waals surface area contributed by atoms with Crippen LogP contribution in [0.1, 0.15) is 49.8 Å². The van der Waals surface area contributed by atoms with Gasteiger partial charge in [-0.15, -0.1) is 10.2 Å². The van der Waals surface area contributed by atoms with Crippen molar-refractivity contribution in [3.05, 3.63) is 35.4 Å². The van der Waals surface area contributed by atoms with E-state index in [0.717, 1.165) is 74.3 Å². The zero-order valence-corrected chi connectivity index (χ0v) is 15.0. The lowest BCUT2D eigenvalue weighted by Crippen LogP contribution is -2.37. The Kier molecular flexibility index (Phi) is 4.61. The molecule has 6 nitrogen and oxygen atoms in total. The largest absolute Gasteiger partial charge is 0.490 e. The summed E-state index contributed by atoms with van der Waals surface area (Å²) in [6, 6.07) is 6.57. The van der Waals surface area contributed by atoms with Crippen LogP contribution in [-0.4, -0.2) is 34.0 Å². The third-order valence-corrected chi connectivity index (χ3v) is 4.93. The molecular formula is C19H26N4O2. The lowest BCUT2D eigenvalue weighted by Gasteiger charge is -2.26. The van der Waals surface area contributed by atoms with Crippen LogP contribution in [0.4, 0.5) is 0 Å². The Bertz CT molecular complexity index is 741. The van der Waals surface area contributed by atoms with E-state index >= 15 is 0 Å². The summed E-state index contributed by atoms with van der Waals surface area (Å²) < 4.78 is 14.0. The lowest BCUT2D eigenvalue weighted by molar-refractivity contribution is 0.295. The second kappa shape index (κ2) is 7.04. The van der Waals surface area contributed by atoms with Gasteiger partial charge in [-0.2, -0.15) is 0 Å². The molecule has 0 amide bonds. The number of ether oxygens (including phenoxy) is 2. The van der Waals surface area contributed by atoms with Crippen LogP contribution in [0.15, 0.2) is 18.2 Å². The average molecular weight is 342 g/mol. The maximum Gasteiger partial charge on any atom is 0.165 e. The number of hydrogen-bond acceptors (Lipinski definition) is 5. The zero-order valence-electron chi connectivity index (χ0n) is 15.0. The minimum Gasteiger partial charge on any atom is -0.490 e. The molecule has 2 aliphatic heterocycles. The first kappa shape index (κ1) is 16.4. The van der Waals surface area contributed by atoms with Crippen LogP contribution < -0.4 is 14.8 Å². The number of rotatable bonds is 4. The fourth-order valence-corrected chi connectivity index (χ4v) is 3.59. The minimum absolute atomic E-state index is 0.399. The fourth-order valence-electron chi connectivity index (χ4n) is 3.59. The Hall–Kier alpha value is -2.08. The van der Waals surface area contributed by atoms with E-state index in [1.54, 1.807) is 0 Å². The van der Waals surface area contributed by atoms with E-state index in [1.807, 2.05) is 12.1 Å². The molecule has 6 heteroatoms. The summed E-state index contributed by atoms with van der Waals surface area (Å²) >= 11 is 0. The molecule has 0 radical (unpaired) electrons. The van der Waals surface area contributed by atoms with Gasteiger partial charge in [0.1, 0.15) is 11.6 Å². The van der Waals surface area contributed by atoms with Crippen molar-refractivity contribution in [2.45, 2.75) is 58.2 Å². The first-order valence-electron chi connectivity index (χ1n) is 9.25. The summed E-state index contributed by atoms with van der Waals surface area (Å²) in [5.74, 6) is 4.37. The van der Waals surface area contributed by atoms with Crippen molar-refractivity contribution in [3.63, 3.8) is 0 Å². The highest BCUT2D eigenvalue weighted by molar-refractivity contribution is 5.47. The molecule has 3 heterocycles. The first-order valence-corrected chi connectivity index (χ1v) is 9.25. The standard InChI is InChI=1S/C19H26N4O2/c1-13(2)19-22-21-17-8-7-15(12-23(17)19)20-11-14-5-3-6-16-18(14)25-10-4-9-24-16/h3,5-6,13,15,20H,4,7-12H2,1-2H3/t15-/m0/s1. The van der Waals surface area contributed by atoms with Crippen LogP contribution >= 0.6 is 0 Å². The second-order valence-corrected chi connectivity index (χ2v) is 7.15. The number of fused-ring (bicyclic) bond motifs is 2. The molecule has 0 saturated heterocycles. The van der Waals surface area contributed by atoms with E-state index < -0.39 is 0 Å². The van der Waals surface area contributed by atoms with Gasteiger partial charge in [-0.05, 0) is 12.5 Å². The summed E-state index contributed by atoms with van der Waals surface area (Å²) in [5.41, 5.74) is 1.16. The summed E-state index contributed by atoms with van der Waals surface area (Å²) in [5, 5.41) is 12.4. The van der Waals surface area contributed by atoms with Gasteiger partial charge in [0.15, 0.2) is 11.5 Å². The van der Waals surface area contributed by atoms with Crippen LogP contribution in [0.2, 0.25) is 0 Å². The number of aryl methyl sites for hydroxylation is 1. The minimum atomic E-state index is 0.399. The normalized spacial score (nSPS) is 19.6. The summed E-state index contributed by atoms with van der Waals surface area (Å²) in [4.78, 5) is 0. The molecule has 134 valence electrons. The average Bonchev–Trinajstić information content (AvgIpc) is 2.89. The number of hydrogen-bond donors (Lipinski definition) is 1. The predicted octanol–water partition coefficient (Wildman–Crippen LogP) is 2.67. The molecule has 0 aliphatic carbocycles. The number of para-hydroxylation sites is 1. The third-order valence-electron chi connectivity index (χ3n) is 4.93. The Morgan fingerprint density at radius 3 is 3.00 bits per heavy atom. The van der Waals surface area contributed by atoms with Crippen molar-refractivity contribution >= 4 is 0 Å². The fraction of sp³-hybridized carbons (Fsp3) is 0.579. The van der Waals surface area contributed by atoms with E-state index in [-0.39, 0.29) is 0 Å². The zero-order chi connectivity index (χ0) is 17.2. The molecule has 0 bridgehead atoms. The molecule has 2 aliphatic rings. The van der Waals surface area contributed by atoms with E-state index in [9.17, 15) is 0 Å². The molecule has 0 fully saturated rings. The predicted molar refractivity (Wildman–Crippen MR) is 95.1 cm³/mol. The van der Waals surface area contributed by atoms with Gasteiger partial charge < -0.3 is 19.4 Å². The first-order chi connectivity index (χ1) is 12.2. The Morgan fingerprint density at radius 2 is 2.12 bits per heavy atom. The van der Waals surface area contributed by atoms with Crippen molar-refractivity contribution in [1.82, 2.24) is 20.1 Å². The number of aromatic nitrogens is 3. The van der Waals surface area contributed by atoms with Gasteiger partial charge in [0.2, 0.25) is 0 Å². The van der Waals surface area contributed by atoms with Gasteiger partial charge >= 0.3 is 0 Å². The molecule has 1 aromatic carbocycles. The molecule has 0 saturated carbocycles. The number of nitrogens with one attached hydrogen (secondary N) is 1. The van der Waals surface area contributed by atoms with Crippen LogP contribution in [0, 0.1) is 0 Å². The van der Waals surface area contributed by atoms with Gasteiger partial charge in [0, 0.05) is 43.5 Å². The quantitative estimate of drug-likeness (QED) is 0.926. The molecule has 1 N–H and O–H groups in total. The summed E-state index contributed by atoms with van der Waals surface area (Å²) in [6.07, 6.45) is 2.99. The highest BCUT2D eigenvalue weighted by atomic mass is 16.5. The highest BCUT2D eigenvalue weighted by Crippen LogP contribution is 2.33. The molecule has 0 spiro atoms. The topological polar surface area (TPSA) is 61.2 Å². The van der Waals surface area contributed by atoms with Crippen molar-refractivity contribution in [2.24, 2.45) is 0 Å². The lowest BCUT2D eigenvalue weighted by atomic mass is 10.1. The molecule has 1 aromatic heterocycles. The summed E-state index contributed by atoms with van der Waals surface area (Å²) in [7, 11) is 0. The van der Waals surface area contributed by atoms with Gasteiger partial charge in [0.25, 0.3) is 0 Å². The van der Waals surface area contributed by atoms with Crippen LogP contribution in [0.5, 0.6) is 11.5 Å². The molecule has 4 rings (SSSR count). The van der Waals surface area contributed by atoms with Gasteiger partial charge in [0.05, 0.1) is 13.2 Å². The molecular weight excluding hydrogens is 316 g/mol. The molecule has 1 atom stereocenters. The summed E-state index contributed by atoms with van der Waals surface area (Å²) in [6.45, 7) is 7.50. The van der Waals surface area contributed by atoms with E-state index in [0.29, 0.717) is 12.0 Å². The van der Waals surface area contributed by atoms with Gasteiger partial charge in [-0.3, -0.25) is 0 Å². The van der Waals surface area contributed by atoms with E-state index in [2.05, 4.69) is 40.0 Å². The molecule has 25 heavy (non-hydrogen) atoms.